The van der Waals surface area contributed by atoms with Gasteiger partial charge in [0.1, 0.15) is 11.9 Å². The van der Waals surface area contributed by atoms with E-state index in [1.807, 2.05) is 0 Å². The Morgan fingerprint density at radius 2 is 1.92 bits per heavy atom. The number of nitrogens with zero attached hydrogens (tertiary/aromatic N) is 1. The summed E-state index contributed by atoms with van der Waals surface area (Å²) in [7, 11) is 0. The van der Waals surface area contributed by atoms with E-state index in [0.717, 1.165) is 11.6 Å². The molecule has 0 aliphatic heterocycles. The van der Waals surface area contributed by atoms with Crippen molar-refractivity contribution >= 4 is 17.5 Å². The zero-order valence-electron chi connectivity index (χ0n) is 14.1. The smallest absolute Gasteiger partial charge is 0.270 e. The molecule has 0 saturated carbocycles. The van der Waals surface area contributed by atoms with Crippen molar-refractivity contribution in [1.82, 2.24) is 10.6 Å². The molecule has 0 aliphatic carbocycles. The van der Waals surface area contributed by atoms with E-state index in [9.17, 15) is 24.1 Å². The third-order valence-corrected chi connectivity index (χ3v) is 3.66. The average molecular weight is 359 g/mol. The van der Waals surface area contributed by atoms with Crippen LogP contribution in [0.2, 0.25) is 0 Å². The van der Waals surface area contributed by atoms with E-state index < -0.39 is 22.8 Å². The fourth-order valence-corrected chi connectivity index (χ4v) is 2.28. The standard InChI is InChI=1S/C18H18FN3O4/c1-12(17(23)20-9-8-13-4-2-6-15(19)10-13)21-18(24)14-5-3-7-16(11-14)22(25)26/h2-7,10-12H,8-9H2,1H3,(H,20,23)(H,21,24). The Morgan fingerprint density at radius 1 is 1.19 bits per heavy atom. The Labute approximate surface area is 149 Å². The zero-order valence-corrected chi connectivity index (χ0v) is 14.1. The molecule has 1 unspecified atom stereocenters. The van der Waals surface area contributed by atoms with Crippen molar-refractivity contribution in [2.24, 2.45) is 0 Å². The lowest BCUT2D eigenvalue weighted by molar-refractivity contribution is -0.384. The van der Waals surface area contributed by atoms with Crippen molar-refractivity contribution in [2.45, 2.75) is 19.4 Å². The van der Waals surface area contributed by atoms with E-state index in [2.05, 4.69) is 10.6 Å². The van der Waals surface area contributed by atoms with Crippen LogP contribution >= 0.6 is 0 Å². The quantitative estimate of drug-likeness (QED) is 0.584. The zero-order chi connectivity index (χ0) is 19.1. The van der Waals surface area contributed by atoms with Crippen molar-refractivity contribution in [3.8, 4) is 0 Å². The molecular formula is C18H18FN3O4. The largest absolute Gasteiger partial charge is 0.354 e. The Balaban J connectivity index is 1.85. The van der Waals surface area contributed by atoms with Gasteiger partial charge in [-0.15, -0.1) is 0 Å². The first-order valence-corrected chi connectivity index (χ1v) is 7.94. The monoisotopic (exact) mass is 359 g/mol. The van der Waals surface area contributed by atoms with Gasteiger partial charge < -0.3 is 10.6 Å². The predicted octanol–water partition coefficient (Wildman–Crippen LogP) is 2.21. The first kappa shape index (κ1) is 19.0. The molecule has 0 heterocycles. The van der Waals surface area contributed by atoms with Crippen molar-refractivity contribution < 1.29 is 18.9 Å². The molecule has 0 bridgehead atoms. The number of amides is 2. The SMILES string of the molecule is CC(NC(=O)c1cccc([N+](=O)[O-])c1)C(=O)NCCc1cccc(F)c1. The number of non-ortho nitro benzene ring substituents is 1. The van der Waals surface area contributed by atoms with Gasteiger partial charge in [-0.2, -0.15) is 0 Å². The number of halogens is 1. The van der Waals surface area contributed by atoms with Crippen LogP contribution in [0, 0.1) is 15.9 Å². The van der Waals surface area contributed by atoms with E-state index >= 15 is 0 Å². The number of rotatable bonds is 7. The summed E-state index contributed by atoms with van der Waals surface area (Å²) in [6.07, 6.45) is 0.453. The number of carbonyl (C=O) groups is 2. The average Bonchev–Trinajstić information content (AvgIpc) is 2.61. The fraction of sp³-hybridized carbons (Fsp3) is 0.222. The Morgan fingerprint density at radius 3 is 2.62 bits per heavy atom. The summed E-state index contributed by atoms with van der Waals surface area (Å²) in [6.45, 7) is 1.80. The molecule has 0 radical (unpaired) electrons. The summed E-state index contributed by atoms with van der Waals surface area (Å²) in [4.78, 5) is 34.3. The van der Waals surface area contributed by atoms with Crippen molar-refractivity contribution in [1.29, 1.82) is 0 Å². The minimum absolute atomic E-state index is 0.0959. The molecule has 0 saturated heterocycles. The van der Waals surface area contributed by atoms with E-state index in [1.54, 1.807) is 12.1 Å². The molecule has 7 nitrogen and oxygen atoms in total. The van der Waals surface area contributed by atoms with Crippen LogP contribution in [-0.2, 0) is 11.2 Å². The Bertz CT molecular complexity index is 826. The molecule has 26 heavy (non-hydrogen) atoms. The maximum atomic E-state index is 13.1. The van der Waals surface area contributed by atoms with Gasteiger partial charge in [-0.05, 0) is 37.1 Å². The van der Waals surface area contributed by atoms with Crippen LogP contribution in [0.1, 0.15) is 22.8 Å². The third kappa shape index (κ3) is 5.37. The molecule has 0 spiro atoms. The van der Waals surface area contributed by atoms with Gasteiger partial charge in [-0.3, -0.25) is 19.7 Å². The first-order chi connectivity index (χ1) is 12.4. The maximum Gasteiger partial charge on any atom is 0.270 e. The minimum atomic E-state index is -0.825. The number of nitro benzene ring substituents is 1. The second-order valence-corrected chi connectivity index (χ2v) is 5.67. The van der Waals surface area contributed by atoms with Gasteiger partial charge in [0.15, 0.2) is 0 Å². The number of nitrogens with one attached hydrogen (secondary N) is 2. The van der Waals surface area contributed by atoms with E-state index in [0.29, 0.717) is 13.0 Å². The highest BCUT2D eigenvalue weighted by Crippen LogP contribution is 2.13. The number of hydrogen-bond donors (Lipinski definition) is 2. The first-order valence-electron chi connectivity index (χ1n) is 7.94. The molecule has 8 heteroatoms. The van der Waals surface area contributed by atoms with Crippen LogP contribution in [-0.4, -0.2) is 29.3 Å². The van der Waals surface area contributed by atoms with Crippen molar-refractivity contribution in [3.05, 3.63) is 75.6 Å². The molecule has 0 fully saturated rings. The van der Waals surface area contributed by atoms with Gasteiger partial charge in [0, 0.05) is 24.2 Å². The van der Waals surface area contributed by atoms with Gasteiger partial charge in [0.05, 0.1) is 4.92 Å². The van der Waals surface area contributed by atoms with Crippen LogP contribution in [0.15, 0.2) is 48.5 Å². The van der Waals surface area contributed by atoms with Gasteiger partial charge >= 0.3 is 0 Å². The normalized spacial score (nSPS) is 11.5. The second-order valence-electron chi connectivity index (χ2n) is 5.67. The molecule has 1 atom stereocenters. The van der Waals surface area contributed by atoms with Gasteiger partial charge in [-0.1, -0.05) is 18.2 Å². The van der Waals surface area contributed by atoms with Crippen LogP contribution < -0.4 is 10.6 Å². The van der Waals surface area contributed by atoms with Crippen LogP contribution in [0.5, 0.6) is 0 Å². The molecule has 2 N–H and O–H groups in total. The van der Waals surface area contributed by atoms with Gasteiger partial charge in [0.2, 0.25) is 5.91 Å². The van der Waals surface area contributed by atoms with Gasteiger partial charge in [-0.25, -0.2) is 4.39 Å². The van der Waals surface area contributed by atoms with Crippen LogP contribution in [0.3, 0.4) is 0 Å². The topological polar surface area (TPSA) is 101 Å². The Kier molecular flexibility index (Phi) is 6.37. The summed E-state index contributed by atoms with van der Waals surface area (Å²) in [6, 6.07) is 10.5. The molecule has 2 aromatic rings. The lowest BCUT2D eigenvalue weighted by Crippen LogP contribution is -2.45. The van der Waals surface area contributed by atoms with Crippen LogP contribution in [0.25, 0.3) is 0 Å². The number of carbonyl (C=O) groups excluding carboxylic acids is 2. The second kappa shape index (κ2) is 8.70. The van der Waals surface area contributed by atoms with Gasteiger partial charge in [0.25, 0.3) is 11.6 Å². The van der Waals surface area contributed by atoms with E-state index in [1.165, 1.54) is 37.3 Å². The summed E-state index contributed by atoms with van der Waals surface area (Å²) >= 11 is 0. The Hall–Kier alpha value is -3.29. The molecule has 2 amide bonds. The van der Waals surface area contributed by atoms with Crippen molar-refractivity contribution in [2.75, 3.05) is 6.54 Å². The molecule has 2 aromatic carbocycles. The van der Waals surface area contributed by atoms with E-state index in [4.69, 9.17) is 0 Å². The number of benzene rings is 2. The summed E-state index contributed by atoms with van der Waals surface area (Å²) in [5, 5.41) is 15.9. The minimum Gasteiger partial charge on any atom is -0.354 e. The molecule has 0 aliphatic rings. The molecule has 0 aromatic heterocycles. The summed E-state index contributed by atoms with van der Waals surface area (Å²) < 4.78 is 13.1. The number of hydrogen-bond acceptors (Lipinski definition) is 4. The molecule has 136 valence electrons. The molecular weight excluding hydrogens is 341 g/mol. The lowest BCUT2D eigenvalue weighted by atomic mass is 10.1. The highest BCUT2D eigenvalue weighted by Gasteiger charge is 2.17. The number of nitro groups is 1. The molecule has 2 rings (SSSR count). The van der Waals surface area contributed by atoms with Crippen molar-refractivity contribution in [3.63, 3.8) is 0 Å². The fourth-order valence-electron chi connectivity index (χ4n) is 2.28. The lowest BCUT2D eigenvalue weighted by Gasteiger charge is -2.14. The summed E-state index contributed by atoms with van der Waals surface area (Å²) in [5.74, 6) is -1.33. The summed E-state index contributed by atoms with van der Waals surface area (Å²) in [5.41, 5.74) is 0.641. The highest BCUT2D eigenvalue weighted by atomic mass is 19.1. The highest BCUT2D eigenvalue weighted by molar-refractivity contribution is 5.97. The van der Waals surface area contributed by atoms with E-state index in [-0.39, 0.29) is 17.1 Å². The van der Waals surface area contributed by atoms with Crippen LogP contribution in [0.4, 0.5) is 10.1 Å². The maximum absolute atomic E-state index is 13.1. The predicted molar refractivity (Wildman–Crippen MR) is 93.1 cm³/mol. The third-order valence-electron chi connectivity index (χ3n) is 3.66.